The Balaban J connectivity index is 2.44. The first-order valence-corrected chi connectivity index (χ1v) is 8.00. The van der Waals surface area contributed by atoms with Crippen molar-refractivity contribution in [2.45, 2.75) is 25.7 Å². The van der Waals surface area contributed by atoms with Gasteiger partial charge in [0.25, 0.3) is 10.0 Å². The summed E-state index contributed by atoms with van der Waals surface area (Å²) in [4.78, 5) is 4.23. The second kappa shape index (κ2) is 5.35. The molecule has 0 radical (unpaired) electrons. The highest BCUT2D eigenvalue weighted by molar-refractivity contribution is 7.93. The Kier molecular flexibility index (Phi) is 3.93. The summed E-state index contributed by atoms with van der Waals surface area (Å²) in [6.45, 7) is 5.13. The van der Waals surface area contributed by atoms with Crippen molar-refractivity contribution in [2.75, 3.05) is 10.1 Å². The van der Waals surface area contributed by atoms with Crippen LogP contribution in [0.25, 0.3) is 0 Å². The van der Waals surface area contributed by atoms with E-state index in [4.69, 9.17) is 5.84 Å². The van der Waals surface area contributed by atoms with Gasteiger partial charge in [-0.1, -0.05) is 0 Å². The number of nitrogen functional groups attached to an aromatic ring is 1. The maximum absolute atomic E-state index is 12.4. The fraction of sp³-hybridized carbons (Fsp3) is 0.273. The summed E-state index contributed by atoms with van der Waals surface area (Å²) in [5, 5.41) is 0.252. The number of nitrogens with one attached hydrogen (secondary N) is 2. The highest BCUT2D eigenvalue weighted by atomic mass is 32.2. The van der Waals surface area contributed by atoms with E-state index in [1.54, 1.807) is 32.9 Å². The van der Waals surface area contributed by atoms with Crippen LogP contribution in [0.4, 0.5) is 10.8 Å². The average Bonchev–Trinajstić information content (AvgIpc) is 2.72. The van der Waals surface area contributed by atoms with Crippen LogP contribution < -0.4 is 16.0 Å². The molecule has 7 nitrogen and oxygen atoms in total. The summed E-state index contributed by atoms with van der Waals surface area (Å²) >= 11 is 1.01. The molecule has 4 N–H and O–H groups in total. The van der Waals surface area contributed by atoms with Gasteiger partial charge in [0.15, 0.2) is 0 Å². The number of nitrogens with two attached hydrogens (primary N) is 1. The zero-order chi connectivity index (χ0) is 14.9. The Morgan fingerprint density at radius 3 is 2.25 bits per heavy atom. The number of benzene rings is 1. The van der Waals surface area contributed by atoms with Crippen LogP contribution in [-0.2, 0) is 10.0 Å². The molecule has 0 fully saturated rings. The lowest BCUT2D eigenvalue weighted by Crippen LogP contribution is -2.16. The number of sulfonamides is 1. The molecule has 0 spiro atoms. The third kappa shape index (κ3) is 2.89. The highest BCUT2D eigenvalue weighted by Gasteiger charge is 2.21. The SMILES string of the molecule is Cc1nsc(NS(=O)(=O)c2c(C)cc(NN)cc2C)n1. The monoisotopic (exact) mass is 313 g/mol. The summed E-state index contributed by atoms with van der Waals surface area (Å²) in [6, 6.07) is 3.35. The number of aryl methyl sites for hydroxylation is 3. The van der Waals surface area contributed by atoms with Crippen LogP contribution in [0, 0.1) is 20.8 Å². The molecule has 0 atom stereocenters. The van der Waals surface area contributed by atoms with E-state index in [0.29, 0.717) is 22.6 Å². The van der Waals surface area contributed by atoms with Gasteiger partial charge in [-0.05, 0) is 44.0 Å². The maximum atomic E-state index is 12.4. The van der Waals surface area contributed by atoms with Gasteiger partial charge in [-0.2, -0.15) is 4.37 Å². The lowest BCUT2D eigenvalue weighted by atomic mass is 10.1. The molecule has 0 saturated heterocycles. The predicted octanol–water partition coefficient (Wildman–Crippen LogP) is 1.55. The van der Waals surface area contributed by atoms with Gasteiger partial charge in [-0.3, -0.25) is 10.6 Å². The lowest BCUT2D eigenvalue weighted by molar-refractivity contribution is 0.600. The van der Waals surface area contributed by atoms with E-state index in [1.165, 1.54) is 0 Å². The van der Waals surface area contributed by atoms with Crippen molar-refractivity contribution in [2.24, 2.45) is 5.84 Å². The summed E-state index contributed by atoms with van der Waals surface area (Å²) in [5.41, 5.74) is 4.37. The van der Waals surface area contributed by atoms with E-state index >= 15 is 0 Å². The first-order valence-electron chi connectivity index (χ1n) is 5.74. The Labute approximate surface area is 121 Å². The molecule has 1 aromatic carbocycles. The fourth-order valence-electron chi connectivity index (χ4n) is 1.96. The van der Waals surface area contributed by atoms with Gasteiger partial charge in [0.05, 0.1) is 4.90 Å². The average molecular weight is 313 g/mol. The Bertz CT molecular complexity index is 716. The second-order valence-corrected chi connectivity index (χ2v) is 6.71. The van der Waals surface area contributed by atoms with Crippen LogP contribution in [-0.4, -0.2) is 17.8 Å². The normalized spacial score (nSPS) is 11.4. The highest BCUT2D eigenvalue weighted by Crippen LogP contribution is 2.26. The lowest BCUT2D eigenvalue weighted by Gasteiger charge is -2.13. The molecular weight excluding hydrogens is 298 g/mol. The molecule has 0 bridgehead atoms. The van der Waals surface area contributed by atoms with Gasteiger partial charge in [0.2, 0.25) is 5.13 Å². The summed E-state index contributed by atoms with van der Waals surface area (Å²) in [7, 11) is -3.70. The van der Waals surface area contributed by atoms with E-state index in [2.05, 4.69) is 19.5 Å². The van der Waals surface area contributed by atoms with Crippen molar-refractivity contribution in [1.82, 2.24) is 9.36 Å². The van der Waals surface area contributed by atoms with E-state index in [-0.39, 0.29) is 10.0 Å². The predicted molar refractivity (Wildman–Crippen MR) is 79.2 cm³/mol. The fourth-order valence-corrected chi connectivity index (χ4v) is 4.22. The van der Waals surface area contributed by atoms with Crippen LogP contribution >= 0.6 is 11.5 Å². The van der Waals surface area contributed by atoms with E-state index in [0.717, 1.165) is 11.5 Å². The van der Waals surface area contributed by atoms with Gasteiger partial charge in [0, 0.05) is 17.2 Å². The smallest absolute Gasteiger partial charge is 0.264 e. The van der Waals surface area contributed by atoms with Gasteiger partial charge in [-0.25, -0.2) is 13.4 Å². The quantitative estimate of drug-likeness (QED) is 0.583. The van der Waals surface area contributed by atoms with Gasteiger partial charge in [0.1, 0.15) is 5.82 Å². The summed E-state index contributed by atoms with van der Waals surface area (Å²) in [5.74, 6) is 5.87. The minimum Gasteiger partial charge on any atom is -0.324 e. The molecule has 2 aromatic rings. The zero-order valence-corrected chi connectivity index (χ0v) is 12.9. The first kappa shape index (κ1) is 14.7. The molecular formula is C11H15N5O2S2. The third-order valence-electron chi connectivity index (χ3n) is 2.64. The van der Waals surface area contributed by atoms with Gasteiger partial charge >= 0.3 is 0 Å². The molecule has 2 rings (SSSR count). The molecule has 0 amide bonds. The minimum absolute atomic E-state index is 0.226. The van der Waals surface area contributed by atoms with Crippen molar-refractivity contribution in [3.8, 4) is 0 Å². The number of nitrogens with zero attached hydrogens (tertiary/aromatic N) is 2. The number of hydrazine groups is 1. The molecule has 0 unspecified atom stereocenters. The standard InChI is InChI=1S/C11H15N5O2S2/c1-6-4-9(14-12)5-7(2)10(6)20(17,18)16-11-13-8(3)15-19-11/h4-5,14H,12H2,1-3H3,(H,13,15,16). The molecule has 0 aliphatic carbocycles. The number of hydrogen-bond donors (Lipinski definition) is 3. The number of anilines is 2. The maximum Gasteiger partial charge on any atom is 0.264 e. The molecule has 0 saturated carbocycles. The molecule has 20 heavy (non-hydrogen) atoms. The van der Waals surface area contributed by atoms with Crippen molar-refractivity contribution >= 4 is 32.4 Å². The van der Waals surface area contributed by atoms with Crippen LogP contribution in [0.5, 0.6) is 0 Å². The Hall–Kier alpha value is -1.71. The van der Waals surface area contributed by atoms with Crippen molar-refractivity contribution in [3.63, 3.8) is 0 Å². The van der Waals surface area contributed by atoms with Crippen LogP contribution in [0.1, 0.15) is 17.0 Å². The van der Waals surface area contributed by atoms with E-state index < -0.39 is 10.0 Å². The molecule has 1 aromatic heterocycles. The Morgan fingerprint density at radius 1 is 1.20 bits per heavy atom. The van der Waals surface area contributed by atoms with Crippen molar-refractivity contribution in [3.05, 3.63) is 29.1 Å². The first-order chi connectivity index (χ1) is 9.33. The minimum atomic E-state index is -3.70. The molecule has 9 heteroatoms. The summed E-state index contributed by atoms with van der Waals surface area (Å²) < 4.78 is 31.2. The van der Waals surface area contributed by atoms with E-state index in [9.17, 15) is 8.42 Å². The van der Waals surface area contributed by atoms with Crippen molar-refractivity contribution < 1.29 is 8.42 Å². The van der Waals surface area contributed by atoms with E-state index in [1.807, 2.05) is 0 Å². The molecule has 108 valence electrons. The zero-order valence-electron chi connectivity index (χ0n) is 11.3. The number of aromatic nitrogens is 2. The third-order valence-corrected chi connectivity index (χ3v) is 5.14. The second-order valence-electron chi connectivity index (χ2n) is 4.34. The Morgan fingerprint density at radius 2 is 1.80 bits per heavy atom. The van der Waals surface area contributed by atoms with Gasteiger partial charge in [-0.15, -0.1) is 0 Å². The number of rotatable bonds is 4. The molecule has 0 aliphatic rings. The summed E-state index contributed by atoms with van der Waals surface area (Å²) in [6.07, 6.45) is 0. The van der Waals surface area contributed by atoms with Crippen LogP contribution in [0.3, 0.4) is 0 Å². The van der Waals surface area contributed by atoms with Crippen molar-refractivity contribution in [1.29, 1.82) is 0 Å². The number of hydrogen-bond acceptors (Lipinski definition) is 7. The van der Waals surface area contributed by atoms with Crippen LogP contribution in [0.2, 0.25) is 0 Å². The largest absolute Gasteiger partial charge is 0.324 e. The molecule has 0 aliphatic heterocycles. The van der Waals surface area contributed by atoms with Gasteiger partial charge < -0.3 is 5.43 Å². The topological polar surface area (TPSA) is 110 Å². The molecule has 1 heterocycles. The van der Waals surface area contributed by atoms with Crippen LogP contribution in [0.15, 0.2) is 17.0 Å².